The maximum Gasteiger partial charge on any atom is 0.162 e. The molecule has 1 aromatic heterocycles. The third-order valence-corrected chi connectivity index (χ3v) is 3.68. The Morgan fingerprint density at radius 1 is 1.33 bits per heavy atom. The molecule has 0 bridgehead atoms. The van der Waals surface area contributed by atoms with Gasteiger partial charge in [-0.2, -0.15) is 4.68 Å². The van der Waals surface area contributed by atoms with Crippen LogP contribution in [0.3, 0.4) is 0 Å². The molecule has 0 aliphatic carbocycles. The number of aromatic nitrogens is 4. The lowest BCUT2D eigenvalue weighted by molar-refractivity contribution is 0.549. The van der Waals surface area contributed by atoms with E-state index in [0.717, 1.165) is 22.5 Å². The molecule has 2 atom stereocenters. The molecule has 1 fully saturated rings. The molecule has 2 unspecified atom stereocenters. The van der Waals surface area contributed by atoms with Crippen LogP contribution in [0.5, 0.6) is 0 Å². The van der Waals surface area contributed by atoms with Crippen LogP contribution in [0.2, 0.25) is 0 Å². The molecule has 2 aromatic rings. The first-order valence-corrected chi connectivity index (χ1v) is 6.57. The van der Waals surface area contributed by atoms with Gasteiger partial charge in [0.15, 0.2) is 5.82 Å². The SMILES string of the molecule is CC1NNCC1c1nnnn1-c1ccc(Br)cc1. The van der Waals surface area contributed by atoms with Crippen molar-refractivity contribution in [3.05, 3.63) is 34.6 Å². The van der Waals surface area contributed by atoms with Gasteiger partial charge in [-0.3, -0.25) is 10.9 Å². The predicted octanol–water partition coefficient (Wildman–Crippen LogP) is 1.00. The summed E-state index contributed by atoms with van der Waals surface area (Å²) in [4.78, 5) is 0. The van der Waals surface area contributed by atoms with Crippen molar-refractivity contribution in [3.63, 3.8) is 0 Å². The smallest absolute Gasteiger partial charge is 0.162 e. The second-order valence-corrected chi connectivity index (χ2v) is 5.26. The molecule has 2 N–H and O–H groups in total. The summed E-state index contributed by atoms with van der Waals surface area (Å²) in [7, 11) is 0. The fourth-order valence-electron chi connectivity index (χ4n) is 2.11. The van der Waals surface area contributed by atoms with Gasteiger partial charge in [0.25, 0.3) is 0 Å². The van der Waals surface area contributed by atoms with Crippen molar-refractivity contribution >= 4 is 15.9 Å². The van der Waals surface area contributed by atoms with Gasteiger partial charge >= 0.3 is 0 Å². The van der Waals surface area contributed by atoms with Crippen molar-refractivity contribution in [2.75, 3.05) is 6.54 Å². The zero-order valence-corrected chi connectivity index (χ0v) is 11.4. The van der Waals surface area contributed by atoms with Gasteiger partial charge in [0.05, 0.1) is 11.6 Å². The second-order valence-electron chi connectivity index (χ2n) is 4.35. The Kier molecular flexibility index (Phi) is 3.11. The molecule has 1 saturated heterocycles. The molecule has 1 aliphatic rings. The van der Waals surface area contributed by atoms with E-state index in [-0.39, 0.29) is 5.92 Å². The minimum Gasteiger partial charge on any atom is -0.257 e. The molecule has 1 aliphatic heterocycles. The summed E-state index contributed by atoms with van der Waals surface area (Å²) in [5.41, 5.74) is 7.28. The number of halogens is 1. The van der Waals surface area contributed by atoms with Crippen LogP contribution in [0.25, 0.3) is 5.69 Å². The van der Waals surface area contributed by atoms with Crippen molar-refractivity contribution < 1.29 is 0 Å². The second kappa shape index (κ2) is 4.75. The summed E-state index contributed by atoms with van der Waals surface area (Å²) in [6, 6.07) is 8.25. The van der Waals surface area contributed by atoms with Crippen LogP contribution in [0.15, 0.2) is 28.7 Å². The molecule has 0 amide bonds. The fourth-order valence-corrected chi connectivity index (χ4v) is 2.38. The molecule has 2 heterocycles. The third-order valence-electron chi connectivity index (χ3n) is 3.15. The topological polar surface area (TPSA) is 67.7 Å². The lowest BCUT2D eigenvalue weighted by Gasteiger charge is -2.13. The van der Waals surface area contributed by atoms with Crippen LogP contribution in [0.4, 0.5) is 0 Å². The average molecular weight is 309 g/mol. The highest BCUT2D eigenvalue weighted by atomic mass is 79.9. The lowest BCUT2D eigenvalue weighted by atomic mass is 10.0. The van der Waals surface area contributed by atoms with Crippen LogP contribution >= 0.6 is 15.9 Å². The molecule has 3 rings (SSSR count). The molecule has 1 aromatic carbocycles. The summed E-state index contributed by atoms with van der Waals surface area (Å²) in [6.45, 7) is 2.95. The molecule has 18 heavy (non-hydrogen) atoms. The van der Waals surface area contributed by atoms with Crippen molar-refractivity contribution in [3.8, 4) is 5.69 Å². The van der Waals surface area contributed by atoms with Gasteiger partial charge in [-0.15, -0.1) is 5.10 Å². The van der Waals surface area contributed by atoms with E-state index in [1.54, 1.807) is 4.68 Å². The highest BCUT2D eigenvalue weighted by Gasteiger charge is 2.29. The van der Waals surface area contributed by atoms with Crippen LogP contribution in [-0.4, -0.2) is 32.8 Å². The maximum atomic E-state index is 4.16. The zero-order chi connectivity index (χ0) is 12.5. The number of hydrazine groups is 1. The third kappa shape index (κ3) is 2.05. The Morgan fingerprint density at radius 3 is 2.78 bits per heavy atom. The van der Waals surface area contributed by atoms with Gasteiger partial charge in [-0.05, 0) is 41.6 Å². The van der Waals surface area contributed by atoms with Crippen molar-refractivity contribution in [1.82, 2.24) is 31.1 Å². The van der Waals surface area contributed by atoms with Crippen molar-refractivity contribution in [2.45, 2.75) is 18.9 Å². The monoisotopic (exact) mass is 308 g/mol. The Bertz CT molecular complexity index is 537. The largest absolute Gasteiger partial charge is 0.257 e. The molecule has 6 nitrogen and oxygen atoms in total. The summed E-state index contributed by atoms with van der Waals surface area (Å²) in [6.07, 6.45) is 0. The van der Waals surface area contributed by atoms with Gasteiger partial charge in [0, 0.05) is 17.1 Å². The molecule has 94 valence electrons. The van der Waals surface area contributed by atoms with Crippen molar-refractivity contribution in [1.29, 1.82) is 0 Å². The molecule has 7 heteroatoms. The summed E-state index contributed by atoms with van der Waals surface area (Å²) >= 11 is 3.42. The number of benzene rings is 1. The number of tetrazole rings is 1. The van der Waals surface area contributed by atoms with E-state index in [2.05, 4.69) is 49.2 Å². The van der Waals surface area contributed by atoms with E-state index < -0.39 is 0 Å². The molecule has 0 saturated carbocycles. The van der Waals surface area contributed by atoms with E-state index in [9.17, 15) is 0 Å². The van der Waals surface area contributed by atoms with Gasteiger partial charge in [0.2, 0.25) is 0 Å². The molecular formula is C11H13BrN6. The van der Waals surface area contributed by atoms with E-state index >= 15 is 0 Å². The van der Waals surface area contributed by atoms with Gasteiger partial charge in [0.1, 0.15) is 0 Å². The number of nitrogens with zero attached hydrogens (tertiary/aromatic N) is 4. The van der Waals surface area contributed by atoms with Crippen LogP contribution < -0.4 is 10.9 Å². The first-order chi connectivity index (χ1) is 8.75. The molecular weight excluding hydrogens is 296 g/mol. The normalized spacial score (nSPS) is 23.4. The number of hydrogen-bond donors (Lipinski definition) is 2. The first kappa shape index (κ1) is 11.8. The van der Waals surface area contributed by atoms with Crippen LogP contribution in [0.1, 0.15) is 18.7 Å². The molecule has 0 spiro atoms. The standard InChI is InChI=1S/C11H13BrN6/c1-7-10(6-13-14-7)11-15-16-17-18(11)9-4-2-8(12)3-5-9/h2-5,7,10,13-14H,6H2,1H3. The van der Waals surface area contributed by atoms with E-state index in [4.69, 9.17) is 0 Å². The Hall–Kier alpha value is -1.31. The quantitative estimate of drug-likeness (QED) is 0.866. The maximum absolute atomic E-state index is 4.16. The van der Waals surface area contributed by atoms with Gasteiger partial charge in [-0.1, -0.05) is 15.9 Å². The number of hydrogen-bond acceptors (Lipinski definition) is 5. The van der Waals surface area contributed by atoms with Crippen LogP contribution in [0, 0.1) is 0 Å². The summed E-state index contributed by atoms with van der Waals surface area (Å²) in [5.74, 6) is 1.14. The predicted molar refractivity (Wildman–Crippen MR) is 70.2 cm³/mol. The lowest BCUT2D eigenvalue weighted by Crippen LogP contribution is -2.28. The summed E-state index contributed by atoms with van der Waals surface area (Å²) in [5, 5.41) is 12.0. The average Bonchev–Trinajstić information content (AvgIpc) is 2.98. The van der Waals surface area contributed by atoms with Crippen molar-refractivity contribution in [2.24, 2.45) is 0 Å². The Balaban J connectivity index is 1.98. The van der Waals surface area contributed by atoms with E-state index in [1.807, 2.05) is 24.3 Å². The summed E-state index contributed by atoms with van der Waals surface area (Å²) < 4.78 is 2.83. The first-order valence-electron chi connectivity index (χ1n) is 5.78. The number of rotatable bonds is 2. The Labute approximate surface area is 113 Å². The fraction of sp³-hybridized carbons (Fsp3) is 0.364. The molecule has 0 radical (unpaired) electrons. The Morgan fingerprint density at radius 2 is 2.11 bits per heavy atom. The number of nitrogens with one attached hydrogen (secondary N) is 2. The minimum absolute atomic E-state index is 0.267. The highest BCUT2D eigenvalue weighted by molar-refractivity contribution is 9.10. The van der Waals surface area contributed by atoms with E-state index in [1.165, 1.54) is 0 Å². The van der Waals surface area contributed by atoms with Gasteiger partial charge < -0.3 is 0 Å². The van der Waals surface area contributed by atoms with Crippen LogP contribution in [-0.2, 0) is 0 Å². The minimum atomic E-state index is 0.267. The van der Waals surface area contributed by atoms with Gasteiger partial charge in [-0.25, -0.2) is 0 Å². The zero-order valence-electron chi connectivity index (χ0n) is 9.84. The van der Waals surface area contributed by atoms with E-state index in [0.29, 0.717) is 6.04 Å². The highest BCUT2D eigenvalue weighted by Crippen LogP contribution is 2.22.